The zero-order valence-corrected chi connectivity index (χ0v) is 9.99. The Bertz CT molecular complexity index is 346. The Morgan fingerprint density at radius 2 is 2.19 bits per heavy atom. The summed E-state index contributed by atoms with van der Waals surface area (Å²) in [5.41, 5.74) is -1.36. The van der Waals surface area contributed by atoms with E-state index in [0.717, 1.165) is 0 Å². The van der Waals surface area contributed by atoms with E-state index in [4.69, 9.17) is 9.47 Å². The van der Waals surface area contributed by atoms with Crippen molar-refractivity contribution in [2.75, 3.05) is 0 Å². The van der Waals surface area contributed by atoms with Crippen LogP contribution in [0.5, 0.6) is 0 Å². The predicted molar refractivity (Wildman–Crippen MR) is 55.8 cm³/mol. The van der Waals surface area contributed by atoms with Gasteiger partial charge in [-0.25, -0.2) is 9.59 Å². The number of cyclic esters (lactones) is 1. The SMILES string of the molecule is C[C@@H]1OC(=O)[C@@]2(NC(=O)OC(C)(C)C)C[C@@H]12. The maximum Gasteiger partial charge on any atom is 0.408 e. The van der Waals surface area contributed by atoms with Crippen molar-refractivity contribution >= 4 is 12.1 Å². The van der Waals surface area contributed by atoms with Crippen LogP contribution in [0.4, 0.5) is 4.79 Å². The minimum absolute atomic E-state index is 0.104. The lowest BCUT2D eigenvalue weighted by molar-refractivity contribution is -0.146. The summed E-state index contributed by atoms with van der Waals surface area (Å²) in [5.74, 6) is -0.233. The molecule has 0 aromatic rings. The van der Waals surface area contributed by atoms with E-state index in [-0.39, 0.29) is 18.0 Å². The number of hydrogen-bond acceptors (Lipinski definition) is 4. The van der Waals surface area contributed by atoms with Crippen molar-refractivity contribution in [3.8, 4) is 0 Å². The molecule has 2 rings (SSSR count). The van der Waals surface area contributed by atoms with Crippen LogP contribution in [0.25, 0.3) is 0 Å². The Kier molecular flexibility index (Phi) is 2.19. The van der Waals surface area contributed by atoms with Crippen molar-refractivity contribution in [3.63, 3.8) is 0 Å². The maximum absolute atomic E-state index is 11.6. The van der Waals surface area contributed by atoms with Gasteiger partial charge in [0.1, 0.15) is 17.2 Å². The van der Waals surface area contributed by atoms with Gasteiger partial charge >= 0.3 is 12.1 Å². The highest BCUT2D eigenvalue weighted by molar-refractivity contribution is 5.92. The zero-order chi connectivity index (χ0) is 12.1. The third-order valence-electron chi connectivity index (χ3n) is 2.96. The molecule has 0 spiro atoms. The minimum Gasteiger partial charge on any atom is -0.461 e. The number of amides is 1. The predicted octanol–water partition coefficient (Wildman–Crippen LogP) is 1.22. The molecule has 1 heterocycles. The number of rotatable bonds is 1. The van der Waals surface area contributed by atoms with E-state index in [9.17, 15) is 9.59 Å². The standard InChI is InChI=1S/C11H17NO4/c1-6-7-5-11(7,8(13)15-6)12-9(14)16-10(2,3)4/h6-7H,5H2,1-4H3,(H,12,14)/t6-,7-,11+/m0/s1. The first-order valence-electron chi connectivity index (χ1n) is 5.47. The van der Waals surface area contributed by atoms with Crippen LogP contribution in [0.3, 0.4) is 0 Å². The van der Waals surface area contributed by atoms with Crippen LogP contribution in [-0.2, 0) is 14.3 Å². The molecule has 1 N–H and O–H groups in total. The average molecular weight is 227 g/mol. The summed E-state index contributed by atoms with van der Waals surface area (Å²) in [6.45, 7) is 7.19. The second kappa shape index (κ2) is 3.12. The third-order valence-corrected chi connectivity index (χ3v) is 2.96. The van der Waals surface area contributed by atoms with Crippen molar-refractivity contribution in [2.45, 2.75) is 51.4 Å². The summed E-state index contributed by atoms with van der Waals surface area (Å²) in [6.07, 6.45) is -0.00447. The highest BCUT2D eigenvalue weighted by Gasteiger charge is 2.70. The van der Waals surface area contributed by atoms with E-state index in [1.807, 2.05) is 6.92 Å². The first kappa shape index (κ1) is 11.2. The molecular weight excluding hydrogens is 210 g/mol. The first-order chi connectivity index (χ1) is 7.24. The fourth-order valence-electron chi connectivity index (χ4n) is 2.13. The molecule has 0 bridgehead atoms. The van der Waals surface area contributed by atoms with Crippen molar-refractivity contribution in [3.05, 3.63) is 0 Å². The van der Waals surface area contributed by atoms with Crippen LogP contribution in [0.1, 0.15) is 34.1 Å². The number of carbonyl (C=O) groups excluding carboxylic acids is 2. The van der Waals surface area contributed by atoms with Gasteiger partial charge in [-0.1, -0.05) is 0 Å². The summed E-state index contributed by atoms with van der Waals surface area (Å²) >= 11 is 0. The third kappa shape index (κ3) is 1.74. The second-order valence-electron chi connectivity index (χ2n) is 5.52. The smallest absolute Gasteiger partial charge is 0.408 e. The van der Waals surface area contributed by atoms with Crippen LogP contribution < -0.4 is 5.32 Å². The van der Waals surface area contributed by atoms with E-state index in [1.165, 1.54) is 0 Å². The van der Waals surface area contributed by atoms with Gasteiger partial charge in [-0.2, -0.15) is 0 Å². The molecule has 5 heteroatoms. The summed E-state index contributed by atoms with van der Waals surface area (Å²) < 4.78 is 10.2. The summed E-state index contributed by atoms with van der Waals surface area (Å²) in [7, 11) is 0. The summed E-state index contributed by atoms with van der Waals surface area (Å²) in [5, 5.41) is 2.63. The van der Waals surface area contributed by atoms with Crippen LogP contribution in [0.15, 0.2) is 0 Å². The molecule has 0 aromatic carbocycles. The lowest BCUT2D eigenvalue weighted by Gasteiger charge is -2.21. The number of hydrogen-bond donors (Lipinski definition) is 1. The molecule has 0 aromatic heterocycles. The van der Waals surface area contributed by atoms with Crippen LogP contribution in [0, 0.1) is 5.92 Å². The van der Waals surface area contributed by atoms with Crippen LogP contribution in [0.2, 0.25) is 0 Å². The van der Waals surface area contributed by atoms with Crippen molar-refractivity contribution in [1.82, 2.24) is 5.32 Å². The van der Waals surface area contributed by atoms with Gasteiger partial charge in [0.05, 0.1) is 0 Å². The molecule has 1 saturated carbocycles. The Morgan fingerprint density at radius 1 is 1.56 bits per heavy atom. The zero-order valence-electron chi connectivity index (χ0n) is 9.99. The normalized spacial score (nSPS) is 36.4. The molecule has 2 aliphatic rings. The molecule has 0 unspecified atom stereocenters. The monoisotopic (exact) mass is 227 g/mol. The number of carbonyl (C=O) groups is 2. The Hall–Kier alpha value is -1.26. The van der Waals surface area contributed by atoms with Gasteiger partial charge in [-0.05, 0) is 34.1 Å². The lowest BCUT2D eigenvalue weighted by atomic mass is 10.2. The van der Waals surface area contributed by atoms with Gasteiger partial charge in [-0.15, -0.1) is 0 Å². The minimum atomic E-state index is -0.804. The molecule has 2 fully saturated rings. The molecule has 1 amide bonds. The number of fused-ring (bicyclic) bond motifs is 1. The van der Waals surface area contributed by atoms with E-state index in [0.29, 0.717) is 6.42 Å². The van der Waals surface area contributed by atoms with Crippen molar-refractivity contribution in [2.24, 2.45) is 5.92 Å². The fourth-order valence-corrected chi connectivity index (χ4v) is 2.13. The number of esters is 1. The van der Waals surface area contributed by atoms with Gasteiger partial charge in [0.15, 0.2) is 0 Å². The number of alkyl carbamates (subject to hydrolysis) is 1. The van der Waals surface area contributed by atoms with E-state index >= 15 is 0 Å². The topological polar surface area (TPSA) is 64.6 Å². The molecule has 1 aliphatic carbocycles. The van der Waals surface area contributed by atoms with Gasteiger partial charge in [0.2, 0.25) is 0 Å². The quantitative estimate of drug-likeness (QED) is 0.684. The molecule has 16 heavy (non-hydrogen) atoms. The Labute approximate surface area is 94.5 Å². The maximum atomic E-state index is 11.6. The first-order valence-corrected chi connectivity index (χ1v) is 5.47. The molecule has 1 aliphatic heterocycles. The Morgan fingerprint density at radius 3 is 2.56 bits per heavy atom. The van der Waals surface area contributed by atoms with E-state index in [1.54, 1.807) is 20.8 Å². The summed E-state index contributed by atoms with van der Waals surface area (Å²) in [6, 6.07) is 0. The summed E-state index contributed by atoms with van der Waals surface area (Å²) in [4.78, 5) is 23.1. The molecule has 1 saturated heterocycles. The molecule has 3 atom stereocenters. The van der Waals surface area contributed by atoms with Crippen molar-refractivity contribution in [1.29, 1.82) is 0 Å². The number of ether oxygens (including phenoxy) is 2. The fraction of sp³-hybridized carbons (Fsp3) is 0.818. The van der Waals surface area contributed by atoms with Gasteiger partial charge in [-0.3, -0.25) is 0 Å². The average Bonchev–Trinajstić information content (AvgIpc) is 2.70. The van der Waals surface area contributed by atoms with Gasteiger partial charge in [0.25, 0.3) is 0 Å². The van der Waals surface area contributed by atoms with Crippen LogP contribution >= 0.6 is 0 Å². The van der Waals surface area contributed by atoms with Crippen molar-refractivity contribution < 1.29 is 19.1 Å². The molecule has 0 radical (unpaired) electrons. The Balaban J connectivity index is 1.97. The molecular formula is C11H17NO4. The number of nitrogens with one attached hydrogen (secondary N) is 1. The van der Waals surface area contributed by atoms with E-state index < -0.39 is 17.2 Å². The second-order valence-corrected chi connectivity index (χ2v) is 5.52. The largest absolute Gasteiger partial charge is 0.461 e. The van der Waals surface area contributed by atoms with E-state index in [2.05, 4.69) is 5.32 Å². The highest BCUT2D eigenvalue weighted by Crippen LogP contribution is 2.52. The van der Waals surface area contributed by atoms with Gasteiger partial charge < -0.3 is 14.8 Å². The van der Waals surface area contributed by atoms with Gasteiger partial charge in [0, 0.05) is 5.92 Å². The molecule has 5 nitrogen and oxygen atoms in total. The molecule has 90 valence electrons. The van der Waals surface area contributed by atoms with Crippen LogP contribution in [-0.4, -0.2) is 29.3 Å². The highest BCUT2D eigenvalue weighted by atomic mass is 16.6. The lowest BCUT2D eigenvalue weighted by Crippen LogP contribution is -2.45.